The fourth-order valence-electron chi connectivity index (χ4n) is 3.37. The number of carbonyl (C=O) groups is 1. The normalized spacial score (nSPS) is 15.2. The summed E-state index contributed by atoms with van der Waals surface area (Å²) in [7, 11) is -3.71. The number of nitrogens with one attached hydrogen (secondary N) is 1. The molecule has 30 heavy (non-hydrogen) atoms. The van der Waals surface area contributed by atoms with Gasteiger partial charge < -0.3 is 14.8 Å². The van der Waals surface area contributed by atoms with Gasteiger partial charge in [-0.2, -0.15) is 0 Å². The molecule has 7 nitrogen and oxygen atoms in total. The molecule has 3 rings (SSSR count). The Labute approximate surface area is 182 Å². The Balaban J connectivity index is 1.82. The van der Waals surface area contributed by atoms with Crippen molar-refractivity contribution < 1.29 is 22.7 Å². The lowest BCUT2D eigenvalue weighted by molar-refractivity contribution is -0.122. The van der Waals surface area contributed by atoms with E-state index < -0.39 is 16.1 Å². The molecule has 0 spiro atoms. The van der Waals surface area contributed by atoms with Crippen molar-refractivity contribution in [1.29, 1.82) is 0 Å². The van der Waals surface area contributed by atoms with Gasteiger partial charge in [0.1, 0.15) is 19.3 Å². The lowest BCUT2D eigenvalue weighted by Gasteiger charge is -2.31. The number of nitrogens with zero attached hydrogens (tertiary/aromatic N) is 1. The Kier molecular flexibility index (Phi) is 6.77. The second-order valence-corrected chi connectivity index (χ2v) is 9.39. The minimum Gasteiger partial charge on any atom is -0.486 e. The van der Waals surface area contributed by atoms with Crippen LogP contribution in [0, 0.1) is 0 Å². The first kappa shape index (κ1) is 22.2. The maximum Gasteiger partial charge on any atom is 0.244 e. The number of sulfonamides is 1. The van der Waals surface area contributed by atoms with Crippen LogP contribution >= 0.6 is 11.6 Å². The smallest absolute Gasteiger partial charge is 0.244 e. The lowest BCUT2D eigenvalue weighted by Crippen LogP contribution is -2.49. The van der Waals surface area contributed by atoms with E-state index in [1.54, 1.807) is 37.3 Å². The molecule has 2 aromatic carbocycles. The van der Waals surface area contributed by atoms with E-state index in [-0.39, 0.29) is 11.9 Å². The zero-order valence-corrected chi connectivity index (χ0v) is 18.7. The van der Waals surface area contributed by atoms with E-state index in [9.17, 15) is 13.2 Å². The Bertz CT molecular complexity index is 1010. The molecule has 0 fully saturated rings. The summed E-state index contributed by atoms with van der Waals surface area (Å²) in [5.74, 6) is 0.909. The van der Waals surface area contributed by atoms with E-state index in [1.165, 1.54) is 0 Å². The predicted molar refractivity (Wildman–Crippen MR) is 117 cm³/mol. The second kappa shape index (κ2) is 9.14. The van der Waals surface area contributed by atoms with Crippen LogP contribution in [0.25, 0.3) is 0 Å². The van der Waals surface area contributed by atoms with Crippen molar-refractivity contribution in [3.63, 3.8) is 0 Å². The number of hydrogen-bond donors (Lipinski definition) is 1. The first-order valence-electron chi connectivity index (χ1n) is 9.65. The zero-order chi connectivity index (χ0) is 21.9. The molecule has 2 aromatic rings. The van der Waals surface area contributed by atoms with Gasteiger partial charge in [0.25, 0.3) is 0 Å². The minimum absolute atomic E-state index is 0.301. The number of rotatable bonds is 7. The standard InChI is InChI=1S/C21H25ClN2O5S/c1-4-18(24(30(3,26)27)17-8-6-16(22)7-9-17)21(25)23-14(2)15-5-10-19-20(13-15)29-12-11-28-19/h5-10,13-14,18H,4,11-12H2,1-3H3,(H,23,25)/t14-,18-/m0/s1. The van der Waals surface area contributed by atoms with E-state index in [2.05, 4.69) is 5.32 Å². The molecule has 0 radical (unpaired) electrons. The third kappa shape index (κ3) is 4.99. The third-order valence-electron chi connectivity index (χ3n) is 4.84. The molecule has 1 aliphatic rings. The van der Waals surface area contributed by atoms with Crippen LogP contribution < -0.4 is 19.1 Å². The number of benzene rings is 2. The van der Waals surface area contributed by atoms with Crippen molar-refractivity contribution >= 4 is 33.2 Å². The topological polar surface area (TPSA) is 84.9 Å². The number of ether oxygens (including phenoxy) is 2. The first-order valence-corrected chi connectivity index (χ1v) is 11.9. The van der Waals surface area contributed by atoms with E-state index >= 15 is 0 Å². The van der Waals surface area contributed by atoms with Gasteiger partial charge in [0.15, 0.2) is 11.5 Å². The van der Waals surface area contributed by atoms with Gasteiger partial charge in [-0.05, 0) is 55.3 Å². The van der Waals surface area contributed by atoms with Crippen LogP contribution in [0.15, 0.2) is 42.5 Å². The fraction of sp³-hybridized carbons (Fsp3) is 0.381. The van der Waals surface area contributed by atoms with Crippen LogP contribution in [0.1, 0.15) is 31.9 Å². The van der Waals surface area contributed by atoms with Crippen molar-refractivity contribution in [3.05, 3.63) is 53.1 Å². The number of halogens is 1. The molecule has 0 saturated heterocycles. The van der Waals surface area contributed by atoms with Gasteiger partial charge in [-0.1, -0.05) is 24.6 Å². The van der Waals surface area contributed by atoms with E-state index in [0.717, 1.165) is 16.1 Å². The van der Waals surface area contributed by atoms with Gasteiger partial charge in [0.2, 0.25) is 15.9 Å². The van der Waals surface area contributed by atoms with Crippen molar-refractivity contribution in [2.75, 3.05) is 23.8 Å². The van der Waals surface area contributed by atoms with Crippen LogP contribution in [0.5, 0.6) is 11.5 Å². The summed E-state index contributed by atoms with van der Waals surface area (Å²) in [4.78, 5) is 13.1. The molecule has 1 heterocycles. The van der Waals surface area contributed by atoms with Crippen LogP contribution in [0.3, 0.4) is 0 Å². The molecule has 2 atom stereocenters. The predicted octanol–water partition coefficient (Wildman–Crippen LogP) is 3.53. The second-order valence-electron chi connectivity index (χ2n) is 7.09. The number of fused-ring (bicyclic) bond motifs is 1. The molecule has 1 N–H and O–H groups in total. The quantitative estimate of drug-likeness (QED) is 0.694. The number of anilines is 1. The van der Waals surface area contributed by atoms with E-state index in [0.29, 0.717) is 41.8 Å². The lowest BCUT2D eigenvalue weighted by atomic mass is 10.1. The maximum atomic E-state index is 13.1. The highest BCUT2D eigenvalue weighted by Crippen LogP contribution is 2.33. The van der Waals surface area contributed by atoms with Crippen molar-refractivity contribution in [2.45, 2.75) is 32.4 Å². The van der Waals surface area contributed by atoms with Crippen LogP contribution in [-0.2, 0) is 14.8 Å². The molecule has 1 aliphatic heterocycles. The van der Waals surface area contributed by atoms with Gasteiger partial charge in [0, 0.05) is 5.02 Å². The summed E-state index contributed by atoms with van der Waals surface area (Å²) in [5, 5.41) is 3.40. The third-order valence-corrected chi connectivity index (χ3v) is 6.27. The van der Waals surface area contributed by atoms with Gasteiger partial charge in [0.05, 0.1) is 18.0 Å². The molecule has 0 saturated carbocycles. The fourth-order valence-corrected chi connectivity index (χ4v) is 4.71. The monoisotopic (exact) mass is 452 g/mol. The molecule has 0 bridgehead atoms. The molecular formula is C21H25ClN2O5S. The molecule has 162 valence electrons. The van der Waals surface area contributed by atoms with Crippen LogP contribution in [-0.4, -0.2) is 39.8 Å². The van der Waals surface area contributed by atoms with Gasteiger partial charge in [-0.15, -0.1) is 0 Å². The Morgan fingerprint density at radius 1 is 1.13 bits per heavy atom. The summed E-state index contributed by atoms with van der Waals surface area (Å²) in [5.41, 5.74) is 1.22. The van der Waals surface area contributed by atoms with Gasteiger partial charge in [-0.25, -0.2) is 8.42 Å². The Morgan fingerprint density at radius 2 is 1.77 bits per heavy atom. The molecule has 0 aliphatic carbocycles. The SMILES string of the molecule is CC[C@@H](C(=O)N[C@@H](C)c1ccc2c(c1)OCCO2)N(c1ccc(Cl)cc1)S(C)(=O)=O. The summed E-state index contributed by atoms with van der Waals surface area (Å²) < 4.78 is 37.3. The minimum atomic E-state index is -3.71. The highest BCUT2D eigenvalue weighted by atomic mass is 35.5. The molecule has 1 amide bonds. The maximum absolute atomic E-state index is 13.1. The van der Waals surface area contributed by atoms with Crippen LogP contribution in [0.2, 0.25) is 5.02 Å². The summed E-state index contributed by atoms with van der Waals surface area (Å²) >= 11 is 5.93. The highest BCUT2D eigenvalue weighted by molar-refractivity contribution is 7.92. The van der Waals surface area contributed by atoms with Crippen molar-refractivity contribution in [2.24, 2.45) is 0 Å². The summed E-state index contributed by atoms with van der Waals surface area (Å²) in [6.45, 7) is 4.58. The molecule has 0 unspecified atom stereocenters. The van der Waals surface area contributed by atoms with Crippen LogP contribution in [0.4, 0.5) is 5.69 Å². The Hall–Kier alpha value is -2.45. The first-order chi connectivity index (χ1) is 14.2. The average molecular weight is 453 g/mol. The van der Waals surface area contributed by atoms with Crippen molar-refractivity contribution in [3.8, 4) is 11.5 Å². The van der Waals surface area contributed by atoms with Gasteiger partial charge in [-0.3, -0.25) is 9.10 Å². The Morgan fingerprint density at radius 3 is 2.37 bits per heavy atom. The highest BCUT2D eigenvalue weighted by Gasteiger charge is 2.32. The van der Waals surface area contributed by atoms with Gasteiger partial charge >= 0.3 is 0 Å². The zero-order valence-electron chi connectivity index (χ0n) is 17.1. The summed E-state index contributed by atoms with van der Waals surface area (Å²) in [6, 6.07) is 10.6. The van der Waals surface area contributed by atoms with E-state index in [4.69, 9.17) is 21.1 Å². The summed E-state index contributed by atoms with van der Waals surface area (Å²) in [6.07, 6.45) is 1.39. The van der Waals surface area contributed by atoms with E-state index in [1.807, 2.05) is 19.1 Å². The molecule has 0 aromatic heterocycles. The number of hydrogen-bond acceptors (Lipinski definition) is 5. The van der Waals surface area contributed by atoms with Crippen molar-refractivity contribution in [1.82, 2.24) is 5.32 Å². The molecular weight excluding hydrogens is 428 g/mol. The number of carbonyl (C=O) groups excluding carboxylic acids is 1. The largest absolute Gasteiger partial charge is 0.486 e. The average Bonchev–Trinajstić information content (AvgIpc) is 2.71. The number of amides is 1. The molecule has 9 heteroatoms.